The van der Waals surface area contributed by atoms with Crippen molar-refractivity contribution in [3.05, 3.63) is 77.1 Å². The van der Waals surface area contributed by atoms with E-state index in [0.717, 1.165) is 31.4 Å². The molecule has 1 fully saturated rings. The summed E-state index contributed by atoms with van der Waals surface area (Å²) in [5.74, 6) is 0. The van der Waals surface area contributed by atoms with Crippen LogP contribution in [0.15, 0.2) is 60.8 Å². The van der Waals surface area contributed by atoms with Gasteiger partial charge in [0, 0.05) is 29.9 Å². The number of halogens is 1. The summed E-state index contributed by atoms with van der Waals surface area (Å²) in [4.78, 5) is 12.3. The average Bonchev–Trinajstić information content (AvgIpc) is 3.27. The van der Waals surface area contributed by atoms with Crippen molar-refractivity contribution in [3.8, 4) is 0 Å². The molecular weight excluding hydrogens is 442 g/mol. The van der Waals surface area contributed by atoms with Gasteiger partial charge in [0.05, 0.1) is 24.4 Å². The molecule has 3 atom stereocenters. The minimum atomic E-state index is -0.455. The van der Waals surface area contributed by atoms with Crippen LogP contribution in [0.1, 0.15) is 30.5 Å². The summed E-state index contributed by atoms with van der Waals surface area (Å²) in [5.41, 5.74) is 2.77. The predicted molar refractivity (Wildman–Crippen MR) is 126 cm³/mol. The van der Waals surface area contributed by atoms with Crippen LogP contribution in [0.3, 0.4) is 0 Å². The zero-order chi connectivity index (χ0) is 23.0. The molecule has 9 heteroatoms. The molecule has 1 aliphatic heterocycles. The maximum Gasteiger partial charge on any atom is 0.319 e. The zero-order valence-corrected chi connectivity index (χ0v) is 19.0. The lowest BCUT2D eigenvalue weighted by Crippen LogP contribution is -2.52. The lowest BCUT2D eigenvalue weighted by atomic mass is 9.97. The Bertz CT molecular complexity index is 1030. The molecule has 1 saturated heterocycles. The van der Waals surface area contributed by atoms with Gasteiger partial charge < -0.3 is 20.5 Å². The second kappa shape index (κ2) is 11.3. The minimum Gasteiger partial charge on any atom is -0.394 e. The quantitative estimate of drug-likeness (QED) is 0.467. The van der Waals surface area contributed by atoms with Gasteiger partial charge in [-0.05, 0) is 49.1 Å². The normalized spacial score (nSPS) is 20.4. The maximum atomic E-state index is 12.3. The number of benzene rings is 2. The Morgan fingerprint density at radius 2 is 1.94 bits per heavy atom. The number of aliphatic hydroxyl groups is 1. The third-order valence-electron chi connectivity index (χ3n) is 5.71. The highest BCUT2D eigenvalue weighted by molar-refractivity contribution is 6.30. The molecule has 0 aliphatic carbocycles. The summed E-state index contributed by atoms with van der Waals surface area (Å²) >= 11 is 5.87. The molecule has 3 N–H and O–H groups in total. The Morgan fingerprint density at radius 1 is 1.15 bits per heavy atom. The smallest absolute Gasteiger partial charge is 0.319 e. The van der Waals surface area contributed by atoms with Crippen LogP contribution in [0, 0.1) is 0 Å². The monoisotopic (exact) mass is 469 g/mol. The summed E-state index contributed by atoms with van der Waals surface area (Å²) in [5, 5.41) is 24.6. The molecule has 1 aromatic heterocycles. The van der Waals surface area contributed by atoms with Crippen molar-refractivity contribution >= 4 is 23.3 Å². The van der Waals surface area contributed by atoms with E-state index in [-0.39, 0.29) is 24.8 Å². The third-order valence-corrected chi connectivity index (χ3v) is 5.96. The van der Waals surface area contributed by atoms with E-state index in [2.05, 4.69) is 33.1 Å². The van der Waals surface area contributed by atoms with Crippen molar-refractivity contribution in [1.29, 1.82) is 0 Å². The zero-order valence-electron chi connectivity index (χ0n) is 18.2. The Labute approximate surface area is 197 Å². The largest absolute Gasteiger partial charge is 0.394 e. The summed E-state index contributed by atoms with van der Waals surface area (Å²) in [6.45, 7) is 0.521. The van der Waals surface area contributed by atoms with E-state index in [1.165, 1.54) is 5.56 Å². The van der Waals surface area contributed by atoms with Crippen LogP contribution in [0.5, 0.6) is 0 Å². The number of hydrogen-bond acceptors (Lipinski definition) is 5. The van der Waals surface area contributed by atoms with E-state index in [4.69, 9.17) is 16.3 Å². The highest BCUT2D eigenvalue weighted by atomic mass is 35.5. The van der Waals surface area contributed by atoms with Crippen LogP contribution in [0.25, 0.3) is 0 Å². The molecule has 1 aliphatic rings. The van der Waals surface area contributed by atoms with Crippen molar-refractivity contribution in [2.24, 2.45) is 0 Å². The van der Waals surface area contributed by atoms with Gasteiger partial charge in [0.15, 0.2) is 0 Å². The van der Waals surface area contributed by atoms with Crippen molar-refractivity contribution in [2.75, 3.05) is 11.9 Å². The number of aromatic nitrogens is 3. The predicted octanol–water partition coefficient (Wildman–Crippen LogP) is 3.64. The lowest BCUT2D eigenvalue weighted by Gasteiger charge is -2.36. The fourth-order valence-corrected chi connectivity index (χ4v) is 4.11. The number of carbonyl (C=O) groups is 1. The van der Waals surface area contributed by atoms with Gasteiger partial charge >= 0.3 is 6.03 Å². The van der Waals surface area contributed by atoms with Crippen molar-refractivity contribution < 1.29 is 14.6 Å². The van der Waals surface area contributed by atoms with E-state index >= 15 is 0 Å². The van der Waals surface area contributed by atoms with E-state index in [1.807, 2.05) is 29.1 Å². The van der Waals surface area contributed by atoms with Crippen LogP contribution in [-0.2, 0) is 17.7 Å². The number of nitrogens with one attached hydrogen (secondary N) is 2. The molecule has 3 aromatic rings. The molecule has 0 unspecified atom stereocenters. The molecule has 4 rings (SSSR count). The molecule has 174 valence electrons. The van der Waals surface area contributed by atoms with E-state index < -0.39 is 6.10 Å². The highest BCUT2D eigenvalue weighted by Crippen LogP contribution is 2.23. The Morgan fingerprint density at radius 3 is 2.70 bits per heavy atom. The van der Waals surface area contributed by atoms with Gasteiger partial charge in [-0.15, -0.1) is 5.10 Å². The Hall–Kier alpha value is -2.94. The minimum absolute atomic E-state index is 0.0127. The fraction of sp³-hybridized carbons (Fsp3) is 0.375. The second-order valence-electron chi connectivity index (χ2n) is 8.19. The topological polar surface area (TPSA) is 101 Å². The van der Waals surface area contributed by atoms with Gasteiger partial charge in [-0.2, -0.15) is 0 Å². The van der Waals surface area contributed by atoms with E-state index in [0.29, 0.717) is 17.3 Å². The summed E-state index contributed by atoms with van der Waals surface area (Å²) in [7, 11) is 0. The van der Waals surface area contributed by atoms with Crippen LogP contribution in [-0.4, -0.2) is 51.0 Å². The number of urea groups is 1. The van der Waals surface area contributed by atoms with Gasteiger partial charge in [-0.25, -0.2) is 4.79 Å². The number of anilines is 1. The first kappa shape index (κ1) is 23.2. The molecule has 8 nitrogen and oxygen atoms in total. The molecule has 0 saturated carbocycles. The molecule has 0 bridgehead atoms. The standard InChI is InChI=1S/C24H28ClN5O3/c25-18-6-8-19(9-7-18)26-24(32)27-22-11-10-21(33-23(22)16-31)12-13-30-15-20(28-29-30)14-17-4-2-1-3-5-17/h1-9,15,21-23,31H,10-14,16H2,(H2,26,27,32)/t21-,22+,23-/m0/s1. The Balaban J connectivity index is 1.23. The molecule has 0 radical (unpaired) electrons. The molecule has 2 aromatic carbocycles. The van der Waals surface area contributed by atoms with Gasteiger partial charge in [0.2, 0.25) is 0 Å². The summed E-state index contributed by atoms with van der Waals surface area (Å²) in [6.07, 6.45) is 4.51. The number of ether oxygens (including phenoxy) is 1. The van der Waals surface area contributed by atoms with Gasteiger partial charge in [0.25, 0.3) is 0 Å². The summed E-state index contributed by atoms with van der Waals surface area (Å²) in [6, 6.07) is 16.5. The van der Waals surface area contributed by atoms with Crippen LogP contribution in [0.4, 0.5) is 10.5 Å². The number of amides is 2. The van der Waals surface area contributed by atoms with Crippen molar-refractivity contribution in [2.45, 2.75) is 50.5 Å². The maximum absolute atomic E-state index is 12.3. The number of hydrogen-bond donors (Lipinski definition) is 3. The Kier molecular flexibility index (Phi) is 7.93. The number of rotatable bonds is 8. The van der Waals surface area contributed by atoms with Crippen LogP contribution in [0.2, 0.25) is 5.02 Å². The first-order valence-corrected chi connectivity index (χ1v) is 11.5. The van der Waals surface area contributed by atoms with Crippen LogP contribution < -0.4 is 10.6 Å². The van der Waals surface area contributed by atoms with Gasteiger partial charge in [0.1, 0.15) is 6.10 Å². The highest BCUT2D eigenvalue weighted by Gasteiger charge is 2.31. The molecule has 0 spiro atoms. The van der Waals surface area contributed by atoms with E-state index in [1.54, 1.807) is 24.3 Å². The number of carbonyl (C=O) groups excluding carboxylic acids is 1. The van der Waals surface area contributed by atoms with Crippen molar-refractivity contribution in [1.82, 2.24) is 20.3 Å². The molecule has 2 heterocycles. The first-order valence-electron chi connectivity index (χ1n) is 11.1. The molecular formula is C24H28ClN5O3. The number of aryl methyl sites for hydroxylation is 1. The lowest BCUT2D eigenvalue weighted by molar-refractivity contribution is -0.0905. The first-order chi connectivity index (χ1) is 16.1. The SMILES string of the molecule is O=C(Nc1ccc(Cl)cc1)N[C@@H]1CC[C@@H](CCn2cc(Cc3ccccc3)nn2)O[C@H]1CO. The third kappa shape index (κ3) is 6.77. The fourth-order valence-electron chi connectivity index (χ4n) is 3.99. The molecule has 33 heavy (non-hydrogen) atoms. The van der Waals surface area contributed by atoms with Gasteiger partial charge in [-0.1, -0.05) is 47.1 Å². The van der Waals surface area contributed by atoms with E-state index in [9.17, 15) is 9.90 Å². The number of aliphatic hydroxyl groups excluding tert-OH is 1. The van der Waals surface area contributed by atoms with Gasteiger partial charge in [-0.3, -0.25) is 4.68 Å². The number of nitrogens with zero attached hydrogens (tertiary/aromatic N) is 3. The molecule has 2 amide bonds. The van der Waals surface area contributed by atoms with Crippen LogP contribution >= 0.6 is 11.6 Å². The second-order valence-corrected chi connectivity index (χ2v) is 8.63. The summed E-state index contributed by atoms with van der Waals surface area (Å²) < 4.78 is 7.90. The van der Waals surface area contributed by atoms with Crippen molar-refractivity contribution in [3.63, 3.8) is 0 Å². The average molecular weight is 470 g/mol.